The maximum atomic E-state index is 14.1. The summed E-state index contributed by atoms with van der Waals surface area (Å²) in [6.07, 6.45) is 11.1. The van der Waals surface area contributed by atoms with Crippen molar-refractivity contribution in [2.45, 2.75) is 144 Å². The zero-order valence-corrected chi connectivity index (χ0v) is 28.9. The molecule has 4 atom stereocenters. The number of rotatable bonds is 12. The third-order valence-electron chi connectivity index (χ3n) is 9.93. The van der Waals surface area contributed by atoms with Gasteiger partial charge in [-0.1, -0.05) is 80.7 Å². The predicted molar refractivity (Wildman–Crippen MR) is 176 cm³/mol. The first kappa shape index (κ1) is 35.9. The Labute approximate surface area is 266 Å². The van der Waals surface area contributed by atoms with Gasteiger partial charge >= 0.3 is 6.03 Å². The van der Waals surface area contributed by atoms with E-state index in [9.17, 15) is 19.2 Å². The molecule has 0 bridgehead atoms. The number of likely N-dealkylation sites (tertiary alicyclic amines) is 2. The maximum absolute atomic E-state index is 14.1. The number of amides is 5. The first-order valence-corrected chi connectivity index (χ1v) is 17.0. The second kappa shape index (κ2) is 14.7. The highest BCUT2D eigenvalue weighted by molar-refractivity contribution is 5.93. The number of nitrogens with zero attached hydrogens (tertiary/aromatic N) is 2. The van der Waals surface area contributed by atoms with E-state index >= 15 is 0 Å². The van der Waals surface area contributed by atoms with Crippen molar-refractivity contribution in [3.8, 4) is 0 Å². The molecule has 0 aromatic heterocycles. The van der Waals surface area contributed by atoms with E-state index in [1.165, 1.54) is 19.3 Å². The van der Waals surface area contributed by atoms with Gasteiger partial charge in [0.1, 0.15) is 12.1 Å². The average Bonchev–Trinajstić information content (AvgIpc) is 3.37. The summed E-state index contributed by atoms with van der Waals surface area (Å²) in [6.45, 7) is 21.6. The van der Waals surface area contributed by atoms with E-state index in [2.05, 4.69) is 36.4 Å². The van der Waals surface area contributed by atoms with Gasteiger partial charge in [0.15, 0.2) is 0 Å². The van der Waals surface area contributed by atoms with Crippen molar-refractivity contribution in [2.24, 2.45) is 22.2 Å². The van der Waals surface area contributed by atoms with Crippen LogP contribution in [0.4, 0.5) is 4.79 Å². The predicted octanol–water partition coefficient (Wildman–Crippen LogP) is 5.40. The molecule has 44 heavy (non-hydrogen) atoms. The minimum atomic E-state index is -0.819. The molecule has 2 heterocycles. The first-order chi connectivity index (χ1) is 20.4. The average molecular weight is 616 g/mol. The minimum absolute atomic E-state index is 0.0106. The zero-order valence-electron chi connectivity index (χ0n) is 28.9. The van der Waals surface area contributed by atoms with Crippen molar-refractivity contribution in [3.05, 3.63) is 12.7 Å². The molecule has 9 heteroatoms. The molecule has 3 fully saturated rings. The van der Waals surface area contributed by atoms with Crippen LogP contribution in [0.5, 0.6) is 0 Å². The van der Waals surface area contributed by atoms with Crippen molar-refractivity contribution < 1.29 is 19.2 Å². The smallest absolute Gasteiger partial charge is 0.315 e. The largest absolute Gasteiger partial charge is 0.352 e. The first-order valence-electron chi connectivity index (χ1n) is 17.0. The Morgan fingerprint density at radius 1 is 0.977 bits per heavy atom. The quantitative estimate of drug-likeness (QED) is 0.256. The van der Waals surface area contributed by atoms with Crippen LogP contribution in [0.15, 0.2) is 12.7 Å². The van der Waals surface area contributed by atoms with Gasteiger partial charge in [-0.05, 0) is 60.7 Å². The number of urea groups is 1. The molecule has 9 nitrogen and oxygen atoms in total. The molecule has 0 spiro atoms. The monoisotopic (exact) mass is 615 g/mol. The fourth-order valence-electron chi connectivity index (χ4n) is 6.57. The van der Waals surface area contributed by atoms with Crippen LogP contribution >= 0.6 is 0 Å². The Hall–Kier alpha value is -2.58. The van der Waals surface area contributed by atoms with Gasteiger partial charge in [-0.25, -0.2) is 4.79 Å². The highest BCUT2D eigenvalue weighted by atomic mass is 16.2. The minimum Gasteiger partial charge on any atom is -0.352 e. The number of carbonyl (C=O) groups excluding carboxylic acids is 4. The van der Waals surface area contributed by atoms with E-state index in [4.69, 9.17) is 0 Å². The number of hydrogen-bond acceptors (Lipinski definition) is 4. The summed E-state index contributed by atoms with van der Waals surface area (Å²) < 4.78 is 0. The normalized spacial score (nSPS) is 22.9. The fraction of sp³-hybridized carbons (Fsp3) is 0.829. The molecular formula is C35H61N5O4. The van der Waals surface area contributed by atoms with Crippen LogP contribution in [0, 0.1) is 22.2 Å². The van der Waals surface area contributed by atoms with Crippen LogP contribution in [-0.2, 0) is 14.4 Å². The molecule has 0 radical (unpaired) electrons. The molecule has 2 saturated heterocycles. The van der Waals surface area contributed by atoms with E-state index in [0.29, 0.717) is 38.4 Å². The molecular weight excluding hydrogens is 554 g/mol. The summed E-state index contributed by atoms with van der Waals surface area (Å²) >= 11 is 0. The van der Waals surface area contributed by atoms with E-state index in [1.54, 1.807) is 4.90 Å². The molecule has 1 aliphatic carbocycles. The summed E-state index contributed by atoms with van der Waals surface area (Å²) in [5.41, 5.74) is -0.907. The van der Waals surface area contributed by atoms with Crippen molar-refractivity contribution in [3.63, 3.8) is 0 Å². The molecule has 250 valence electrons. The van der Waals surface area contributed by atoms with Crippen molar-refractivity contribution >= 4 is 23.8 Å². The SMILES string of the molecule is C=CCCC(CC1CCC1)NC(=O)C1CCCN1C(=O)C(NC(=O)NC(CN1CCC(C)(C)CC1=O)C(C)(C)C)C(C)(C)C. The molecule has 3 N–H and O–H groups in total. The van der Waals surface area contributed by atoms with E-state index in [-0.39, 0.29) is 40.6 Å². The van der Waals surface area contributed by atoms with Gasteiger partial charge in [0.2, 0.25) is 17.7 Å². The lowest BCUT2D eigenvalue weighted by atomic mass is 9.80. The Bertz CT molecular complexity index is 1040. The number of carbonyl (C=O) groups is 4. The highest BCUT2D eigenvalue weighted by Crippen LogP contribution is 2.33. The summed E-state index contributed by atoms with van der Waals surface area (Å²) in [4.78, 5) is 57.6. The van der Waals surface area contributed by atoms with E-state index < -0.39 is 23.5 Å². The molecule has 3 aliphatic rings. The van der Waals surface area contributed by atoms with Gasteiger partial charge in [-0.15, -0.1) is 6.58 Å². The van der Waals surface area contributed by atoms with Crippen LogP contribution in [-0.4, -0.2) is 77.4 Å². The molecule has 5 amide bonds. The van der Waals surface area contributed by atoms with Crippen molar-refractivity contribution in [1.29, 1.82) is 0 Å². The fourth-order valence-corrected chi connectivity index (χ4v) is 6.57. The number of nitrogens with one attached hydrogen (secondary N) is 3. The molecule has 2 aliphatic heterocycles. The maximum Gasteiger partial charge on any atom is 0.315 e. The third kappa shape index (κ3) is 9.96. The Morgan fingerprint density at radius 2 is 1.66 bits per heavy atom. The van der Waals surface area contributed by atoms with Crippen LogP contribution in [0.1, 0.15) is 120 Å². The summed E-state index contributed by atoms with van der Waals surface area (Å²) in [5.74, 6) is 0.450. The number of hydrogen-bond donors (Lipinski definition) is 3. The molecule has 4 unspecified atom stereocenters. The van der Waals surface area contributed by atoms with Crippen LogP contribution < -0.4 is 16.0 Å². The van der Waals surface area contributed by atoms with Gasteiger partial charge < -0.3 is 25.8 Å². The second-order valence-corrected chi connectivity index (χ2v) is 16.6. The zero-order chi connectivity index (χ0) is 32.9. The summed E-state index contributed by atoms with van der Waals surface area (Å²) in [7, 11) is 0. The van der Waals surface area contributed by atoms with Crippen molar-refractivity contribution in [1.82, 2.24) is 25.8 Å². The lowest BCUT2D eigenvalue weighted by Gasteiger charge is -2.41. The van der Waals surface area contributed by atoms with E-state index in [1.807, 2.05) is 52.5 Å². The Kier molecular flexibility index (Phi) is 12.0. The van der Waals surface area contributed by atoms with E-state index in [0.717, 1.165) is 32.1 Å². The lowest BCUT2D eigenvalue weighted by Crippen LogP contribution is -2.62. The number of allylic oxidation sites excluding steroid dienone is 1. The third-order valence-corrected chi connectivity index (χ3v) is 9.93. The van der Waals surface area contributed by atoms with Gasteiger partial charge in [0.25, 0.3) is 0 Å². The lowest BCUT2D eigenvalue weighted by molar-refractivity contribution is -0.142. The van der Waals surface area contributed by atoms with Crippen molar-refractivity contribution in [2.75, 3.05) is 19.6 Å². The van der Waals surface area contributed by atoms with Gasteiger partial charge in [0.05, 0.1) is 6.04 Å². The Morgan fingerprint density at radius 3 is 2.20 bits per heavy atom. The molecule has 0 aromatic carbocycles. The summed E-state index contributed by atoms with van der Waals surface area (Å²) in [5, 5.41) is 9.35. The standard InChI is InChI=1S/C35H61N5O4/c1-10-11-16-25(21-24-14-12-15-24)36-30(42)26-17-13-19-40(26)31(43)29(34(5,6)7)38-32(44)37-27(33(2,3)4)23-39-20-18-35(8,9)22-28(39)41/h10,24-27,29H,1,11-23H2,2-9H3,(H,36,42)(H2,37,38,44). The molecule has 0 aromatic rings. The van der Waals surface area contributed by atoms with Crippen LogP contribution in [0.3, 0.4) is 0 Å². The summed E-state index contributed by atoms with van der Waals surface area (Å²) in [6, 6.07) is -2.02. The molecule has 1 saturated carbocycles. The second-order valence-electron chi connectivity index (χ2n) is 16.6. The van der Waals surface area contributed by atoms with Crippen LogP contribution in [0.25, 0.3) is 0 Å². The number of piperidine rings is 1. The van der Waals surface area contributed by atoms with Gasteiger partial charge in [0, 0.05) is 32.1 Å². The van der Waals surface area contributed by atoms with Gasteiger partial charge in [-0.2, -0.15) is 0 Å². The molecule has 3 rings (SSSR count). The Balaban J connectivity index is 1.68. The van der Waals surface area contributed by atoms with Crippen LogP contribution in [0.2, 0.25) is 0 Å². The highest BCUT2D eigenvalue weighted by Gasteiger charge is 2.43. The van der Waals surface area contributed by atoms with Gasteiger partial charge in [-0.3, -0.25) is 14.4 Å². The topological polar surface area (TPSA) is 111 Å².